The summed E-state index contributed by atoms with van der Waals surface area (Å²) in [6, 6.07) is 4.12. The summed E-state index contributed by atoms with van der Waals surface area (Å²) in [5.41, 5.74) is -0.306. The molecule has 1 rings (SSSR count). The third-order valence-electron chi connectivity index (χ3n) is 2.44. The number of non-ortho nitro benzene ring substituents is 1. The van der Waals surface area contributed by atoms with Crippen LogP contribution >= 0.6 is 10.5 Å². The van der Waals surface area contributed by atoms with Crippen molar-refractivity contribution in [3.63, 3.8) is 0 Å². The average Bonchev–Trinajstić information content (AvgIpc) is 2.50. The van der Waals surface area contributed by atoms with Crippen LogP contribution in [0.2, 0.25) is 0 Å². The number of ether oxygens (including phenoxy) is 2. The molecule has 22 heavy (non-hydrogen) atoms. The van der Waals surface area contributed by atoms with Gasteiger partial charge >= 0.3 is 11.9 Å². The smallest absolute Gasteiger partial charge is 0.351 e. The van der Waals surface area contributed by atoms with Crippen molar-refractivity contribution in [2.45, 2.75) is 10.7 Å². The van der Waals surface area contributed by atoms with Crippen LogP contribution in [0.4, 0.5) is 14.5 Å². The molecule has 0 radical (unpaired) electrons. The van der Waals surface area contributed by atoms with Gasteiger partial charge in [0.25, 0.3) is 11.4 Å². The van der Waals surface area contributed by atoms with Crippen molar-refractivity contribution in [3.8, 4) is 0 Å². The SMILES string of the molecule is COC(=O)C(C(=O)OC)=S(c1ccc([N+](=O)[O-])cc1)C(F)F. The maximum atomic E-state index is 13.3. The molecule has 0 N–H and O–H groups in total. The lowest BCUT2D eigenvalue weighted by molar-refractivity contribution is -0.384. The molecular weight excluding hydrogens is 324 g/mol. The standard InChI is InChI=1S/C12H11F2NO6S/c1-20-10(16)9(11(17)21-2)22(12(13)14)8-5-3-7(4-6-8)15(18)19/h3-6,12H,1-2H3. The van der Waals surface area contributed by atoms with Gasteiger partial charge in [-0.1, -0.05) is 10.5 Å². The maximum absolute atomic E-state index is 13.3. The summed E-state index contributed by atoms with van der Waals surface area (Å²) in [5.74, 6) is -5.57. The minimum absolute atomic E-state index is 0.119. The number of benzene rings is 1. The van der Waals surface area contributed by atoms with Crippen LogP contribution in [0.1, 0.15) is 0 Å². The van der Waals surface area contributed by atoms with Gasteiger partial charge in [-0.05, 0) is 12.1 Å². The summed E-state index contributed by atoms with van der Waals surface area (Å²) in [4.78, 5) is 32.1. The molecule has 0 aliphatic carbocycles. The number of rotatable bonds is 5. The summed E-state index contributed by atoms with van der Waals surface area (Å²) >= 11 is 0. The third-order valence-corrected chi connectivity index (χ3v) is 4.35. The Kier molecular flexibility index (Phi) is 6.11. The van der Waals surface area contributed by atoms with Crippen molar-refractivity contribution < 1.29 is 32.8 Å². The fraction of sp³-hybridized carbons (Fsp3) is 0.250. The molecule has 0 amide bonds. The Balaban J connectivity index is 3.53. The molecule has 0 fully saturated rings. The maximum Gasteiger partial charge on any atom is 0.351 e. The highest BCUT2D eigenvalue weighted by Gasteiger charge is 2.30. The predicted octanol–water partition coefficient (Wildman–Crippen LogP) is 1.96. The van der Waals surface area contributed by atoms with Crippen molar-refractivity contribution in [1.29, 1.82) is 0 Å². The molecule has 0 spiro atoms. The van der Waals surface area contributed by atoms with Crippen LogP contribution in [0.25, 0.3) is 0 Å². The van der Waals surface area contributed by atoms with Crippen LogP contribution in [0, 0.1) is 10.1 Å². The number of halogens is 2. The molecule has 120 valence electrons. The van der Waals surface area contributed by atoms with Crippen molar-refractivity contribution in [3.05, 3.63) is 34.4 Å². The molecule has 0 heterocycles. The zero-order valence-electron chi connectivity index (χ0n) is 11.4. The van der Waals surface area contributed by atoms with Crippen LogP contribution in [0.3, 0.4) is 0 Å². The van der Waals surface area contributed by atoms with E-state index >= 15 is 0 Å². The van der Waals surface area contributed by atoms with E-state index in [1.165, 1.54) is 0 Å². The second-order valence-electron chi connectivity index (χ2n) is 3.66. The predicted molar refractivity (Wildman–Crippen MR) is 74.0 cm³/mol. The second-order valence-corrected chi connectivity index (χ2v) is 5.57. The van der Waals surface area contributed by atoms with Crippen LogP contribution in [-0.2, 0) is 19.1 Å². The number of nitro groups is 1. The number of alkyl halides is 2. The minimum Gasteiger partial charge on any atom is -0.465 e. The fourth-order valence-electron chi connectivity index (χ4n) is 1.47. The van der Waals surface area contributed by atoms with Crippen LogP contribution in [0.5, 0.6) is 0 Å². The van der Waals surface area contributed by atoms with Crippen molar-refractivity contribution in [1.82, 2.24) is 0 Å². The molecule has 10 heteroatoms. The number of esters is 2. The largest absolute Gasteiger partial charge is 0.465 e. The quantitative estimate of drug-likeness (QED) is 0.268. The topological polar surface area (TPSA) is 95.7 Å². The van der Waals surface area contributed by atoms with Gasteiger partial charge in [0.2, 0.25) is 0 Å². The number of carbonyl (C=O) groups is 2. The molecule has 0 aliphatic rings. The Hall–Kier alpha value is -2.36. The van der Waals surface area contributed by atoms with Crippen molar-refractivity contribution in [2.75, 3.05) is 14.2 Å². The normalized spacial score (nSPS) is 11.7. The molecule has 1 aromatic carbocycles. The highest BCUT2D eigenvalue weighted by Crippen LogP contribution is 2.36. The van der Waals surface area contributed by atoms with E-state index in [-0.39, 0.29) is 10.6 Å². The zero-order chi connectivity index (χ0) is 16.9. The monoisotopic (exact) mass is 335 g/mol. The van der Waals surface area contributed by atoms with E-state index in [1.54, 1.807) is 0 Å². The van der Waals surface area contributed by atoms with Gasteiger partial charge in [0.1, 0.15) is 0 Å². The van der Waals surface area contributed by atoms with Crippen molar-refractivity contribution in [2.24, 2.45) is 0 Å². The second kappa shape index (κ2) is 7.59. The minimum atomic E-state index is -3.09. The molecule has 0 saturated heterocycles. The Bertz CT molecular complexity index is 611. The third kappa shape index (κ3) is 3.85. The summed E-state index contributed by atoms with van der Waals surface area (Å²) in [6.07, 6.45) is 0. The molecule has 1 atom stereocenters. The van der Waals surface area contributed by atoms with Gasteiger partial charge in [-0.25, -0.2) is 9.59 Å². The van der Waals surface area contributed by atoms with Gasteiger partial charge in [-0.2, -0.15) is 8.78 Å². The molecule has 1 unspecified atom stereocenters. The van der Waals surface area contributed by atoms with Gasteiger partial charge in [0.05, 0.1) is 19.1 Å². The lowest BCUT2D eigenvalue weighted by Gasteiger charge is -2.13. The highest BCUT2D eigenvalue weighted by molar-refractivity contribution is 8.18. The fourth-order valence-corrected chi connectivity index (χ4v) is 3.05. The Morgan fingerprint density at radius 2 is 1.59 bits per heavy atom. The molecule has 0 saturated carbocycles. The van der Waals surface area contributed by atoms with Gasteiger partial charge < -0.3 is 9.47 Å². The summed E-state index contributed by atoms with van der Waals surface area (Å²) in [6.45, 7) is 0. The van der Waals surface area contributed by atoms with E-state index in [2.05, 4.69) is 9.47 Å². The number of nitro benzene ring substituents is 1. The number of nitrogens with zero attached hydrogens (tertiary/aromatic N) is 1. The van der Waals surface area contributed by atoms with Crippen LogP contribution in [-0.4, -0.2) is 41.7 Å². The number of hydrogen-bond donors (Lipinski definition) is 0. The van der Waals surface area contributed by atoms with E-state index < -0.39 is 38.0 Å². The first-order chi connectivity index (χ1) is 10.3. The zero-order valence-corrected chi connectivity index (χ0v) is 12.3. The lowest BCUT2D eigenvalue weighted by atomic mass is 10.3. The van der Waals surface area contributed by atoms with E-state index in [1.807, 2.05) is 0 Å². The molecular formula is C12H11F2NO6S. The van der Waals surface area contributed by atoms with Crippen LogP contribution < -0.4 is 0 Å². The first-order valence-electron chi connectivity index (χ1n) is 5.62. The Morgan fingerprint density at radius 3 is 1.91 bits per heavy atom. The van der Waals surface area contributed by atoms with E-state index in [9.17, 15) is 28.5 Å². The molecule has 1 aromatic rings. The summed E-state index contributed by atoms with van der Waals surface area (Å²) in [7, 11) is -0.370. The van der Waals surface area contributed by atoms with Gasteiger partial charge in [-0.15, -0.1) is 0 Å². The first-order valence-corrected chi connectivity index (χ1v) is 6.91. The molecule has 0 bridgehead atoms. The lowest BCUT2D eigenvalue weighted by Crippen LogP contribution is -2.28. The van der Waals surface area contributed by atoms with E-state index in [0.717, 1.165) is 38.5 Å². The van der Waals surface area contributed by atoms with Crippen molar-refractivity contribution >= 4 is 33.0 Å². The van der Waals surface area contributed by atoms with E-state index in [0.29, 0.717) is 0 Å². The van der Waals surface area contributed by atoms with Gasteiger partial charge in [0, 0.05) is 17.0 Å². The molecule has 7 nitrogen and oxygen atoms in total. The number of carbonyl (C=O) groups excluding carboxylic acids is 2. The van der Waals surface area contributed by atoms with Crippen LogP contribution in [0.15, 0.2) is 29.2 Å². The summed E-state index contributed by atoms with van der Waals surface area (Å²) < 4.78 is 35.3. The number of methoxy groups -OCH3 is 2. The average molecular weight is 335 g/mol. The Morgan fingerprint density at radius 1 is 1.14 bits per heavy atom. The molecule has 0 aromatic heterocycles. The van der Waals surface area contributed by atoms with Gasteiger partial charge in [0.15, 0.2) is 4.86 Å². The van der Waals surface area contributed by atoms with E-state index in [4.69, 9.17) is 0 Å². The summed E-state index contributed by atoms with van der Waals surface area (Å²) in [5, 5.41) is 10.6. The number of hydrogen-bond acceptors (Lipinski definition) is 6. The Labute approximate surface area is 125 Å². The highest BCUT2D eigenvalue weighted by atomic mass is 32.2. The first kappa shape index (κ1) is 17.7. The van der Waals surface area contributed by atoms with Gasteiger partial charge in [-0.3, -0.25) is 10.1 Å². The molecule has 0 aliphatic heterocycles.